The molecular weight excluding hydrogens is 504 g/mol. The van der Waals surface area contributed by atoms with Crippen LogP contribution in [0.3, 0.4) is 0 Å². The number of primary amides is 1. The summed E-state index contributed by atoms with van der Waals surface area (Å²) >= 11 is 0. The molecule has 0 radical (unpaired) electrons. The number of benzene rings is 1. The lowest BCUT2D eigenvalue weighted by Gasteiger charge is -2.35. The summed E-state index contributed by atoms with van der Waals surface area (Å²) in [5.74, 6) is -2.13. The van der Waals surface area contributed by atoms with Crippen molar-refractivity contribution < 1.29 is 33.4 Å². The van der Waals surface area contributed by atoms with Crippen molar-refractivity contribution in [3.63, 3.8) is 0 Å². The number of carbonyl (C=O) groups excluding carboxylic acids is 5. The molecule has 39 heavy (non-hydrogen) atoms. The number of nitrogens with zero attached hydrogens (tertiary/aromatic N) is 1. The molecule has 0 aliphatic carbocycles. The standard InChI is InChI=1S/C28H44N4O7/c1-8-16-32(26(36)21(12-13-22(29)33)31-27(37)39-28(5,6)7)24(20-11-10-18(3)17-19(20)4)25(35)30-15-14-23(34)38-9-2/h10-11,17,21,24H,8-9,12-16H2,1-7H3,(H2,29,33)(H,30,35)(H,31,37). The van der Waals surface area contributed by atoms with Gasteiger partial charge in [-0.3, -0.25) is 19.2 Å². The van der Waals surface area contributed by atoms with Crippen LogP contribution in [0.2, 0.25) is 0 Å². The average Bonchev–Trinajstić information content (AvgIpc) is 2.81. The largest absolute Gasteiger partial charge is 0.466 e. The van der Waals surface area contributed by atoms with Crippen molar-refractivity contribution in [1.82, 2.24) is 15.5 Å². The average molecular weight is 549 g/mol. The minimum Gasteiger partial charge on any atom is -0.466 e. The van der Waals surface area contributed by atoms with Crippen LogP contribution in [0.25, 0.3) is 0 Å². The Kier molecular flexibility index (Phi) is 13.4. The van der Waals surface area contributed by atoms with Gasteiger partial charge in [0.2, 0.25) is 17.7 Å². The first-order valence-corrected chi connectivity index (χ1v) is 13.3. The lowest BCUT2D eigenvalue weighted by molar-refractivity contribution is -0.144. The van der Waals surface area contributed by atoms with Crippen molar-refractivity contribution in [2.24, 2.45) is 5.73 Å². The van der Waals surface area contributed by atoms with Gasteiger partial charge in [0.15, 0.2) is 0 Å². The third kappa shape index (κ3) is 11.7. The smallest absolute Gasteiger partial charge is 0.408 e. The predicted molar refractivity (Wildman–Crippen MR) is 147 cm³/mol. The molecule has 4 N–H and O–H groups in total. The van der Waals surface area contributed by atoms with Gasteiger partial charge in [-0.25, -0.2) is 4.79 Å². The number of hydrogen-bond acceptors (Lipinski definition) is 7. The van der Waals surface area contributed by atoms with Gasteiger partial charge in [0.25, 0.3) is 0 Å². The molecule has 0 bridgehead atoms. The number of esters is 1. The summed E-state index contributed by atoms with van der Waals surface area (Å²) in [6, 6.07) is 3.32. The Morgan fingerprint density at radius 3 is 2.26 bits per heavy atom. The van der Waals surface area contributed by atoms with Crippen molar-refractivity contribution in [2.45, 2.75) is 91.8 Å². The fourth-order valence-corrected chi connectivity index (χ4v) is 4.00. The number of alkyl carbamates (subject to hydrolysis) is 1. The molecule has 11 heteroatoms. The normalized spacial score (nSPS) is 12.6. The number of aryl methyl sites for hydroxylation is 2. The molecule has 0 aliphatic rings. The highest BCUT2D eigenvalue weighted by molar-refractivity contribution is 5.92. The molecule has 1 aromatic carbocycles. The van der Waals surface area contributed by atoms with Crippen molar-refractivity contribution >= 4 is 29.8 Å². The van der Waals surface area contributed by atoms with Gasteiger partial charge in [-0.1, -0.05) is 30.7 Å². The minimum absolute atomic E-state index is 0.0223. The van der Waals surface area contributed by atoms with E-state index in [1.54, 1.807) is 33.8 Å². The number of amides is 4. The van der Waals surface area contributed by atoms with Gasteiger partial charge in [0.05, 0.1) is 13.0 Å². The third-order valence-corrected chi connectivity index (χ3v) is 5.63. The molecule has 0 saturated heterocycles. The van der Waals surface area contributed by atoms with Crippen LogP contribution in [0.5, 0.6) is 0 Å². The Morgan fingerprint density at radius 2 is 1.72 bits per heavy atom. The van der Waals surface area contributed by atoms with Gasteiger partial charge in [-0.15, -0.1) is 0 Å². The van der Waals surface area contributed by atoms with Gasteiger partial charge in [-0.2, -0.15) is 0 Å². The van der Waals surface area contributed by atoms with Gasteiger partial charge < -0.3 is 30.7 Å². The first-order chi connectivity index (χ1) is 18.2. The molecule has 2 atom stereocenters. The van der Waals surface area contributed by atoms with Crippen LogP contribution >= 0.6 is 0 Å². The first-order valence-electron chi connectivity index (χ1n) is 13.3. The molecule has 1 aromatic rings. The molecule has 0 aliphatic heterocycles. The number of ether oxygens (including phenoxy) is 2. The second-order valence-electron chi connectivity index (χ2n) is 10.3. The highest BCUT2D eigenvalue weighted by atomic mass is 16.6. The van der Waals surface area contributed by atoms with Gasteiger partial charge in [-0.05, 0) is 65.5 Å². The van der Waals surface area contributed by atoms with Gasteiger partial charge in [0.1, 0.15) is 17.7 Å². The number of carbonyl (C=O) groups is 5. The number of hydrogen-bond donors (Lipinski definition) is 3. The highest BCUT2D eigenvalue weighted by Crippen LogP contribution is 2.27. The predicted octanol–water partition coefficient (Wildman–Crippen LogP) is 2.81. The van der Waals surface area contributed by atoms with Gasteiger partial charge in [0, 0.05) is 19.5 Å². The fraction of sp³-hybridized carbons (Fsp3) is 0.607. The molecular formula is C28H44N4O7. The summed E-state index contributed by atoms with van der Waals surface area (Å²) in [6.07, 6.45) is -0.576. The van der Waals surface area contributed by atoms with E-state index < -0.39 is 47.5 Å². The third-order valence-electron chi connectivity index (χ3n) is 5.63. The maximum absolute atomic E-state index is 14.0. The van der Waals surface area contributed by atoms with E-state index in [-0.39, 0.29) is 39.0 Å². The van der Waals surface area contributed by atoms with E-state index in [4.69, 9.17) is 15.2 Å². The molecule has 0 spiro atoms. The maximum atomic E-state index is 14.0. The van der Waals surface area contributed by atoms with E-state index in [1.165, 1.54) is 4.90 Å². The van der Waals surface area contributed by atoms with E-state index in [1.807, 2.05) is 32.9 Å². The monoisotopic (exact) mass is 548 g/mol. The van der Waals surface area contributed by atoms with E-state index >= 15 is 0 Å². The zero-order valence-corrected chi connectivity index (χ0v) is 24.2. The van der Waals surface area contributed by atoms with Crippen LogP contribution in [0.4, 0.5) is 4.79 Å². The molecule has 2 unspecified atom stereocenters. The molecule has 4 amide bonds. The zero-order chi connectivity index (χ0) is 29.8. The Balaban J connectivity index is 3.44. The molecule has 0 fully saturated rings. The summed E-state index contributed by atoms with van der Waals surface area (Å²) in [5, 5.41) is 5.30. The summed E-state index contributed by atoms with van der Waals surface area (Å²) in [4.78, 5) is 64.9. The van der Waals surface area contributed by atoms with Crippen LogP contribution in [-0.2, 0) is 28.7 Å². The van der Waals surface area contributed by atoms with Crippen LogP contribution in [-0.4, -0.2) is 66.0 Å². The van der Waals surface area contributed by atoms with E-state index in [0.717, 1.165) is 11.1 Å². The molecule has 0 aromatic heterocycles. The van der Waals surface area contributed by atoms with Crippen molar-refractivity contribution in [2.75, 3.05) is 19.7 Å². The van der Waals surface area contributed by atoms with E-state index in [2.05, 4.69) is 10.6 Å². The Bertz CT molecular complexity index is 1020. The van der Waals surface area contributed by atoms with E-state index in [0.29, 0.717) is 12.0 Å². The van der Waals surface area contributed by atoms with Crippen LogP contribution in [0, 0.1) is 13.8 Å². The van der Waals surface area contributed by atoms with Crippen molar-refractivity contribution in [1.29, 1.82) is 0 Å². The highest BCUT2D eigenvalue weighted by Gasteiger charge is 2.36. The van der Waals surface area contributed by atoms with Crippen molar-refractivity contribution in [3.8, 4) is 0 Å². The number of rotatable bonds is 14. The van der Waals surface area contributed by atoms with Crippen molar-refractivity contribution in [3.05, 3.63) is 34.9 Å². The lowest BCUT2D eigenvalue weighted by Crippen LogP contribution is -2.53. The number of nitrogens with one attached hydrogen (secondary N) is 2. The molecule has 1 rings (SSSR count). The summed E-state index contributed by atoms with van der Waals surface area (Å²) in [6.45, 7) is 12.8. The second kappa shape index (κ2) is 15.7. The van der Waals surface area contributed by atoms with Gasteiger partial charge >= 0.3 is 12.1 Å². The summed E-state index contributed by atoms with van der Waals surface area (Å²) in [7, 11) is 0. The topological polar surface area (TPSA) is 157 Å². The lowest BCUT2D eigenvalue weighted by atomic mass is 9.96. The zero-order valence-electron chi connectivity index (χ0n) is 24.2. The molecule has 0 saturated carbocycles. The molecule has 218 valence electrons. The fourth-order valence-electron chi connectivity index (χ4n) is 4.00. The van der Waals surface area contributed by atoms with Crippen LogP contribution in [0.15, 0.2) is 18.2 Å². The van der Waals surface area contributed by atoms with E-state index in [9.17, 15) is 24.0 Å². The Morgan fingerprint density at radius 1 is 1.05 bits per heavy atom. The second-order valence-corrected chi connectivity index (χ2v) is 10.3. The van der Waals surface area contributed by atoms with Crippen LogP contribution in [0.1, 0.15) is 83.0 Å². The quantitative estimate of drug-likeness (QED) is 0.302. The SMILES string of the molecule is CCCN(C(=O)C(CCC(N)=O)NC(=O)OC(C)(C)C)C(C(=O)NCCC(=O)OCC)c1ccc(C)cc1C. The Hall–Kier alpha value is -3.63. The summed E-state index contributed by atoms with van der Waals surface area (Å²) in [5.41, 5.74) is 6.89. The summed E-state index contributed by atoms with van der Waals surface area (Å²) < 4.78 is 10.3. The maximum Gasteiger partial charge on any atom is 0.408 e. The Labute approximate surface area is 231 Å². The number of nitrogens with two attached hydrogens (primary N) is 1. The minimum atomic E-state index is -1.17. The molecule has 11 nitrogen and oxygen atoms in total. The first kappa shape index (κ1) is 33.4. The van der Waals surface area contributed by atoms with Crippen LogP contribution < -0.4 is 16.4 Å². The molecule has 0 heterocycles.